The molecular formula is C11H15ClN2. The molecule has 0 aliphatic heterocycles. The van der Waals surface area contributed by atoms with Crippen molar-refractivity contribution in [3.8, 4) is 0 Å². The maximum Gasteiger partial charge on any atom is 0.0627 e. The molecule has 1 heterocycles. The molecule has 1 aliphatic carbocycles. The lowest BCUT2D eigenvalue weighted by atomic mass is 9.88. The average Bonchev–Trinajstić information content (AvgIpc) is 2.70. The predicted octanol–water partition coefficient (Wildman–Crippen LogP) is 2.36. The molecule has 0 bridgehead atoms. The van der Waals surface area contributed by atoms with Gasteiger partial charge in [0.1, 0.15) is 0 Å². The van der Waals surface area contributed by atoms with E-state index in [-0.39, 0.29) is 10.8 Å². The van der Waals surface area contributed by atoms with Crippen molar-refractivity contribution in [3.05, 3.63) is 29.0 Å². The largest absolute Gasteiger partial charge is 0.330 e. The molecule has 2 nitrogen and oxygen atoms in total. The first kappa shape index (κ1) is 9.94. The van der Waals surface area contributed by atoms with E-state index < -0.39 is 0 Å². The highest BCUT2D eigenvalue weighted by Crippen LogP contribution is 2.64. The number of halogens is 1. The lowest BCUT2D eigenvalue weighted by Crippen LogP contribution is -2.25. The van der Waals surface area contributed by atoms with Crippen LogP contribution in [-0.4, -0.2) is 11.5 Å². The molecule has 76 valence electrons. The van der Waals surface area contributed by atoms with Gasteiger partial charge in [0.15, 0.2) is 0 Å². The molecule has 1 aromatic heterocycles. The maximum absolute atomic E-state index is 6.14. The van der Waals surface area contributed by atoms with Crippen LogP contribution in [0.5, 0.6) is 0 Å². The second-order valence-electron chi connectivity index (χ2n) is 4.70. The third kappa shape index (κ3) is 1.17. The molecule has 1 aromatic rings. The molecule has 2 rings (SSSR count). The number of nitrogens with zero attached hydrogens (tertiary/aromatic N) is 1. The third-order valence-corrected chi connectivity index (χ3v) is 3.85. The molecular weight excluding hydrogens is 196 g/mol. The normalized spacial score (nSPS) is 28.9. The van der Waals surface area contributed by atoms with Crippen molar-refractivity contribution in [1.82, 2.24) is 4.98 Å². The zero-order valence-corrected chi connectivity index (χ0v) is 9.30. The van der Waals surface area contributed by atoms with Gasteiger partial charge in [0.2, 0.25) is 0 Å². The summed E-state index contributed by atoms with van der Waals surface area (Å²) in [4.78, 5) is 4.00. The second-order valence-corrected chi connectivity index (χ2v) is 5.11. The number of aromatic nitrogens is 1. The number of rotatable bonds is 2. The van der Waals surface area contributed by atoms with Crippen molar-refractivity contribution < 1.29 is 0 Å². The van der Waals surface area contributed by atoms with Gasteiger partial charge in [-0.15, -0.1) is 0 Å². The van der Waals surface area contributed by atoms with E-state index >= 15 is 0 Å². The van der Waals surface area contributed by atoms with E-state index in [1.165, 1.54) is 0 Å². The van der Waals surface area contributed by atoms with Crippen molar-refractivity contribution in [2.24, 2.45) is 11.1 Å². The Morgan fingerprint density at radius 2 is 2.21 bits per heavy atom. The van der Waals surface area contributed by atoms with Gasteiger partial charge in [-0.25, -0.2) is 0 Å². The minimum Gasteiger partial charge on any atom is -0.330 e. The van der Waals surface area contributed by atoms with Gasteiger partial charge in [-0.1, -0.05) is 25.4 Å². The fourth-order valence-electron chi connectivity index (χ4n) is 2.39. The van der Waals surface area contributed by atoms with Crippen LogP contribution in [0.3, 0.4) is 0 Å². The van der Waals surface area contributed by atoms with Crippen LogP contribution < -0.4 is 5.73 Å². The topological polar surface area (TPSA) is 38.9 Å². The van der Waals surface area contributed by atoms with E-state index in [1.807, 2.05) is 6.07 Å². The Labute approximate surface area is 89.5 Å². The number of nitrogens with two attached hydrogens (primary N) is 1. The Balaban J connectivity index is 2.46. The summed E-state index contributed by atoms with van der Waals surface area (Å²) >= 11 is 6.14. The van der Waals surface area contributed by atoms with E-state index in [9.17, 15) is 0 Å². The molecule has 0 saturated heterocycles. The molecule has 0 radical (unpaired) electrons. The number of pyridine rings is 1. The molecule has 1 unspecified atom stereocenters. The van der Waals surface area contributed by atoms with Crippen molar-refractivity contribution in [1.29, 1.82) is 0 Å². The fourth-order valence-corrected chi connectivity index (χ4v) is 2.69. The third-order valence-electron chi connectivity index (χ3n) is 3.55. The highest BCUT2D eigenvalue weighted by molar-refractivity contribution is 6.31. The van der Waals surface area contributed by atoms with Gasteiger partial charge in [-0.05, 0) is 23.5 Å². The number of hydrogen-bond donors (Lipinski definition) is 1. The van der Waals surface area contributed by atoms with Crippen LogP contribution in [0.2, 0.25) is 5.02 Å². The summed E-state index contributed by atoms with van der Waals surface area (Å²) in [5.74, 6) is 0. The van der Waals surface area contributed by atoms with Crippen molar-refractivity contribution in [3.63, 3.8) is 0 Å². The lowest BCUT2D eigenvalue weighted by molar-refractivity contribution is 0.502. The molecule has 1 aliphatic rings. The minimum atomic E-state index is 0.0764. The van der Waals surface area contributed by atoms with Gasteiger partial charge in [-0.2, -0.15) is 0 Å². The van der Waals surface area contributed by atoms with Gasteiger partial charge in [0.25, 0.3) is 0 Å². The molecule has 2 N–H and O–H groups in total. The van der Waals surface area contributed by atoms with Crippen LogP contribution in [-0.2, 0) is 5.41 Å². The summed E-state index contributed by atoms with van der Waals surface area (Å²) in [6.07, 6.45) is 4.59. The van der Waals surface area contributed by atoms with Crippen LogP contribution in [0.1, 0.15) is 25.8 Å². The van der Waals surface area contributed by atoms with E-state index in [2.05, 4.69) is 18.8 Å². The summed E-state index contributed by atoms with van der Waals surface area (Å²) in [5, 5.41) is 0.739. The van der Waals surface area contributed by atoms with E-state index in [0.717, 1.165) is 17.0 Å². The molecule has 0 aromatic carbocycles. The zero-order valence-electron chi connectivity index (χ0n) is 8.55. The average molecular weight is 211 g/mol. The molecule has 3 heteroatoms. The van der Waals surface area contributed by atoms with Crippen molar-refractivity contribution in [2.75, 3.05) is 6.54 Å². The van der Waals surface area contributed by atoms with Gasteiger partial charge in [0.05, 0.1) is 5.02 Å². The Morgan fingerprint density at radius 3 is 2.64 bits per heavy atom. The monoisotopic (exact) mass is 210 g/mol. The van der Waals surface area contributed by atoms with E-state index in [1.54, 1.807) is 12.4 Å². The van der Waals surface area contributed by atoms with Crippen molar-refractivity contribution >= 4 is 11.6 Å². The first-order valence-electron chi connectivity index (χ1n) is 4.83. The zero-order chi connectivity index (χ0) is 10.4. The van der Waals surface area contributed by atoms with Crippen LogP contribution >= 0.6 is 11.6 Å². The van der Waals surface area contributed by atoms with Crippen LogP contribution in [0, 0.1) is 5.41 Å². The van der Waals surface area contributed by atoms with Gasteiger partial charge in [0, 0.05) is 24.4 Å². The van der Waals surface area contributed by atoms with Crippen LogP contribution in [0.25, 0.3) is 0 Å². The summed E-state index contributed by atoms with van der Waals surface area (Å²) in [7, 11) is 0. The summed E-state index contributed by atoms with van der Waals surface area (Å²) in [6.45, 7) is 5.12. The van der Waals surface area contributed by atoms with Crippen molar-refractivity contribution in [2.45, 2.75) is 25.7 Å². The quantitative estimate of drug-likeness (QED) is 0.814. The summed E-state index contributed by atoms with van der Waals surface area (Å²) in [6, 6.07) is 1.99. The Bertz CT molecular complexity index is 362. The smallest absolute Gasteiger partial charge is 0.0627 e. The highest BCUT2D eigenvalue weighted by atomic mass is 35.5. The molecule has 1 saturated carbocycles. The standard InChI is InChI=1S/C11H15ClN2/c1-10(2)6-11(10,7-13)8-3-4-14-5-9(8)12/h3-5H,6-7,13H2,1-2H3. The molecule has 0 spiro atoms. The Hall–Kier alpha value is -0.600. The Morgan fingerprint density at radius 1 is 1.57 bits per heavy atom. The van der Waals surface area contributed by atoms with Gasteiger partial charge in [-0.3, -0.25) is 4.98 Å². The van der Waals surface area contributed by atoms with Crippen LogP contribution in [0.4, 0.5) is 0 Å². The fraction of sp³-hybridized carbons (Fsp3) is 0.545. The summed E-state index contributed by atoms with van der Waals surface area (Å²) in [5.41, 5.74) is 7.37. The first-order valence-corrected chi connectivity index (χ1v) is 5.21. The second kappa shape index (κ2) is 2.94. The number of hydrogen-bond acceptors (Lipinski definition) is 2. The predicted molar refractivity (Wildman–Crippen MR) is 58.4 cm³/mol. The molecule has 14 heavy (non-hydrogen) atoms. The molecule has 1 atom stereocenters. The summed E-state index contributed by atoms with van der Waals surface area (Å²) < 4.78 is 0. The van der Waals surface area contributed by atoms with Gasteiger partial charge < -0.3 is 5.73 Å². The van der Waals surface area contributed by atoms with E-state index in [4.69, 9.17) is 17.3 Å². The van der Waals surface area contributed by atoms with Crippen LogP contribution in [0.15, 0.2) is 18.5 Å². The van der Waals surface area contributed by atoms with Gasteiger partial charge >= 0.3 is 0 Å². The molecule has 1 fully saturated rings. The minimum absolute atomic E-state index is 0.0764. The van der Waals surface area contributed by atoms with E-state index in [0.29, 0.717) is 6.54 Å². The first-order chi connectivity index (χ1) is 6.53. The lowest BCUT2D eigenvalue weighted by Gasteiger charge is -2.19. The highest BCUT2D eigenvalue weighted by Gasteiger charge is 2.61. The SMILES string of the molecule is CC1(C)CC1(CN)c1ccncc1Cl. The molecule has 0 amide bonds. The Kier molecular flexibility index (Phi) is 2.09. The maximum atomic E-state index is 6.14.